The summed E-state index contributed by atoms with van der Waals surface area (Å²) in [6.45, 7) is 16.5. The number of carbonyl (C=O) groups excluding carboxylic acids is 3. The molecular formula is C26H45N3O4S. The minimum absolute atomic E-state index is 0.0202. The first kappa shape index (κ1) is 27.3. The average molecular weight is 496 g/mol. The first-order valence-electron chi connectivity index (χ1n) is 12.7. The fourth-order valence-corrected chi connectivity index (χ4v) is 9.55. The molecule has 3 rings (SSSR count). The van der Waals surface area contributed by atoms with E-state index >= 15 is 0 Å². The van der Waals surface area contributed by atoms with Gasteiger partial charge in [-0.1, -0.05) is 34.6 Å². The number of aliphatic hydroxyl groups excluding tert-OH is 1. The zero-order valence-electron chi connectivity index (χ0n) is 22.4. The number of nitrogens with one attached hydrogen (secondary N) is 2. The van der Waals surface area contributed by atoms with E-state index in [1.54, 1.807) is 23.7 Å². The number of hydrogen-bond donors (Lipinski definition) is 3. The topological polar surface area (TPSA) is 98.7 Å². The van der Waals surface area contributed by atoms with Crippen LogP contribution in [0.1, 0.15) is 81.1 Å². The zero-order chi connectivity index (χ0) is 25.9. The lowest BCUT2D eigenvalue weighted by Crippen LogP contribution is -2.60. The summed E-state index contributed by atoms with van der Waals surface area (Å²) in [7, 11) is 1.61. The first-order chi connectivity index (χ1) is 15.5. The summed E-state index contributed by atoms with van der Waals surface area (Å²) in [6, 6.07) is -1.16. The molecule has 2 unspecified atom stereocenters. The standard InChI is InChI=1S/C26H45N3O4S/c1-15(2)12-16(13-30)29-19(21(32)28-24(6,7)14-23(3,4)5)26-11-10-25(8,34-26)17(20(31)27-9)18(26)22(29)33/h15-19,30H,10-14H2,1-9H3,(H,27,31)(H,28,32)/t16-,17-,18+,19?,25+,26?/m1/s1. The SMILES string of the molecule is CNC(=O)[C@H]1[C@H]2C(=O)N([C@@H](CO)CC(C)C)C(C(=O)NC(C)(C)CC(C)(C)C)C23CC[C@]1(C)S3. The third-order valence-corrected chi connectivity index (χ3v) is 9.76. The van der Waals surface area contributed by atoms with E-state index < -0.39 is 34.2 Å². The lowest BCUT2D eigenvalue weighted by atomic mass is 9.66. The Kier molecular flexibility index (Phi) is 7.22. The monoisotopic (exact) mass is 495 g/mol. The molecule has 3 aliphatic heterocycles. The fourth-order valence-electron chi connectivity index (χ4n) is 7.21. The number of likely N-dealkylation sites (tertiary alicyclic amines) is 1. The van der Waals surface area contributed by atoms with Crippen LogP contribution in [0.5, 0.6) is 0 Å². The molecule has 2 bridgehead atoms. The summed E-state index contributed by atoms with van der Waals surface area (Å²) >= 11 is 1.67. The highest BCUT2D eigenvalue weighted by Crippen LogP contribution is 2.71. The van der Waals surface area contributed by atoms with E-state index in [4.69, 9.17) is 0 Å². The Labute approximate surface area is 209 Å². The van der Waals surface area contributed by atoms with Crippen molar-refractivity contribution in [3.63, 3.8) is 0 Å². The van der Waals surface area contributed by atoms with Crippen molar-refractivity contribution in [2.24, 2.45) is 23.2 Å². The molecule has 3 fully saturated rings. The molecule has 34 heavy (non-hydrogen) atoms. The lowest BCUT2D eigenvalue weighted by Gasteiger charge is -2.40. The molecule has 0 aromatic heterocycles. The number of carbonyl (C=O) groups is 3. The fraction of sp³-hybridized carbons (Fsp3) is 0.885. The third kappa shape index (κ3) is 4.61. The predicted octanol–water partition coefficient (Wildman–Crippen LogP) is 2.95. The number of rotatable bonds is 8. The van der Waals surface area contributed by atoms with Crippen LogP contribution in [-0.4, -0.2) is 68.5 Å². The highest BCUT2D eigenvalue weighted by Gasteiger charge is 2.77. The molecule has 3 heterocycles. The Balaban J connectivity index is 2.07. The Bertz CT molecular complexity index is 838. The smallest absolute Gasteiger partial charge is 0.244 e. The normalized spacial score (nSPS) is 33.9. The van der Waals surface area contributed by atoms with Crippen LogP contribution in [-0.2, 0) is 14.4 Å². The summed E-state index contributed by atoms with van der Waals surface area (Å²) in [5.41, 5.74) is -0.441. The summed E-state index contributed by atoms with van der Waals surface area (Å²) < 4.78 is -1.03. The predicted molar refractivity (Wildman–Crippen MR) is 136 cm³/mol. The van der Waals surface area contributed by atoms with Crippen LogP contribution in [0.15, 0.2) is 0 Å². The molecular weight excluding hydrogens is 450 g/mol. The van der Waals surface area contributed by atoms with Crippen molar-refractivity contribution in [1.29, 1.82) is 0 Å². The number of nitrogens with zero attached hydrogens (tertiary/aromatic N) is 1. The van der Waals surface area contributed by atoms with E-state index in [9.17, 15) is 19.5 Å². The minimum Gasteiger partial charge on any atom is -0.394 e. The van der Waals surface area contributed by atoms with E-state index in [0.29, 0.717) is 12.8 Å². The number of hydrogen-bond acceptors (Lipinski definition) is 5. The number of amides is 3. The molecule has 3 N–H and O–H groups in total. The van der Waals surface area contributed by atoms with Gasteiger partial charge in [-0.2, -0.15) is 0 Å². The molecule has 1 spiro atoms. The van der Waals surface area contributed by atoms with Gasteiger partial charge in [0, 0.05) is 17.3 Å². The summed E-state index contributed by atoms with van der Waals surface area (Å²) in [4.78, 5) is 42.9. The van der Waals surface area contributed by atoms with Crippen molar-refractivity contribution in [2.75, 3.05) is 13.7 Å². The van der Waals surface area contributed by atoms with Crippen molar-refractivity contribution in [3.05, 3.63) is 0 Å². The second kappa shape index (κ2) is 8.99. The van der Waals surface area contributed by atoms with Gasteiger partial charge in [0.05, 0.1) is 29.2 Å². The molecule has 3 aliphatic rings. The van der Waals surface area contributed by atoms with Gasteiger partial charge < -0.3 is 20.6 Å². The van der Waals surface area contributed by atoms with Gasteiger partial charge in [0.2, 0.25) is 17.7 Å². The largest absolute Gasteiger partial charge is 0.394 e. The first-order valence-corrected chi connectivity index (χ1v) is 13.5. The molecule has 6 atom stereocenters. The summed E-state index contributed by atoms with van der Waals surface area (Å²) in [5, 5.41) is 16.4. The number of thioether (sulfide) groups is 1. The van der Waals surface area contributed by atoms with E-state index in [2.05, 4.69) is 52.2 Å². The average Bonchev–Trinajstić information content (AvgIpc) is 3.24. The molecule has 0 radical (unpaired) electrons. The molecule has 0 aromatic rings. The maximum Gasteiger partial charge on any atom is 0.244 e. The highest BCUT2D eigenvalue weighted by molar-refractivity contribution is 8.02. The molecule has 3 saturated heterocycles. The second-order valence-corrected chi connectivity index (χ2v) is 15.1. The van der Waals surface area contributed by atoms with Crippen LogP contribution in [0.2, 0.25) is 0 Å². The van der Waals surface area contributed by atoms with Crippen molar-refractivity contribution in [2.45, 2.75) is 108 Å². The van der Waals surface area contributed by atoms with E-state index in [1.807, 2.05) is 13.8 Å². The van der Waals surface area contributed by atoms with Crippen LogP contribution in [0.25, 0.3) is 0 Å². The molecule has 7 nitrogen and oxygen atoms in total. The number of aliphatic hydroxyl groups is 1. The summed E-state index contributed by atoms with van der Waals surface area (Å²) in [5.74, 6) is -1.24. The second-order valence-electron chi connectivity index (χ2n) is 13.2. The third-order valence-electron chi connectivity index (χ3n) is 7.77. The lowest BCUT2D eigenvalue weighted by molar-refractivity contribution is -0.143. The molecule has 0 aliphatic carbocycles. The maximum atomic E-state index is 14.1. The molecule has 194 valence electrons. The van der Waals surface area contributed by atoms with Crippen LogP contribution in [0, 0.1) is 23.2 Å². The van der Waals surface area contributed by atoms with Gasteiger partial charge in [-0.15, -0.1) is 11.8 Å². The van der Waals surface area contributed by atoms with E-state index in [1.165, 1.54) is 0 Å². The van der Waals surface area contributed by atoms with E-state index in [-0.39, 0.29) is 40.4 Å². The quantitative estimate of drug-likeness (QED) is 0.481. The van der Waals surface area contributed by atoms with Crippen LogP contribution in [0.4, 0.5) is 0 Å². The molecule has 3 amide bonds. The maximum absolute atomic E-state index is 14.1. The van der Waals surface area contributed by atoms with Crippen LogP contribution >= 0.6 is 11.8 Å². The zero-order valence-corrected chi connectivity index (χ0v) is 23.3. The van der Waals surface area contributed by atoms with Crippen LogP contribution < -0.4 is 10.6 Å². The van der Waals surface area contributed by atoms with Crippen molar-refractivity contribution >= 4 is 29.5 Å². The minimum atomic E-state index is -0.707. The van der Waals surface area contributed by atoms with Crippen molar-refractivity contribution in [3.8, 4) is 0 Å². The van der Waals surface area contributed by atoms with Crippen molar-refractivity contribution in [1.82, 2.24) is 15.5 Å². The molecule has 8 heteroatoms. The van der Waals surface area contributed by atoms with Crippen molar-refractivity contribution < 1.29 is 19.5 Å². The van der Waals surface area contributed by atoms with Gasteiger partial charge in [0.15, 0.2) is 0 Å². The molecule has 0 aromatic carbocycles. The Hall–Kier alpha value is -1.28. The van der Waals surface area contributed by atoms with Gasteiger partial charge in [-0.05, 0) is 57.8 Å². The Morgan fingerprint density at radius 1 is 1.18 bits per heavy atom. The molecule has 0 saturated carbocycles. The summed E-state index contributed by atoms with van der Waals surface area (Å²) in [6.07, 6.45) is 2.89. The van der Waals surface area contributed by atoms with Gasteiger partial charge in [-0.3, -0.25) is 14.4 Å². The Morgan fingerprint density at radius 3 is 2.29 bits per heavy atom. The Morgan fingerprint density at radius 2 is 1.79 bits per heavy atom. The van der Waals surface area contributed by atoms with Gasteiger partial charge in [0.25, 0.3) is 0 Å². The van der Waals surface area contributed by atoms with Crippen LogP contribution in [0.3, 0.4) is 0 Å². The van der Waals surface area contributed by atoms with Gasteiger partial charge in [0.1, 0.15) is 6.04 Å². The van der Waals surface area contributed by atoms with E-state index in [0.717, 1.165) is 12.8 Å². The van der Waals surface area contributed by atoms with Gasteiger partial charge in [-0.25, -0.2) is 0 Å². The number of fused-ring (bicyclic) bond motifs is 1. The van der Waals surface area contributed by atoms with Gasteiger partial charge >= 0.3 is 0 Å². The highest BCUT2D eigenvalue weighted by atomic mass is 32.2.